The maximum Gasteiger partial charge on any atom is 0.193 e. The number of hydrogen-bond donors (Lipinski definition) is 1. The predicted molar refractivity (Wildman–Crippen MR) is 92.0 cm³/mol. The van der Waals surface area contributed by atoms with Gasteiger partial charge in [-0.25, -0.2) is 4.39 Å². The Morgan fingerprint density at radius 3 is 2.78 bits per heavy atom. The van der Waals surface area contributed by atoms with Crippen LogP contribution in [0.15, 0.2) is 59.6 Å². The van der Waals surface area contributed by atoms with Crippen molar-refractivity contribution >= 4 is 5.96 Å². The predicted octanol–water partition coefficient (Wildman–Crippen LogP) is 3.39. The lowest BCUT2D eigenvalue weighted by atomic mass is 9.99. The number of nitrogens with one attached hydrogen (secondary N) is 1. The van der Waals surface area contributed by atoms with Crippen molar-refractivity contribution in [2.24, 2.45) is 4.99 Å². The molecule has 1 aliphatic heterocycles. The van der Waals surface area contributed by atoms with Crippen LogP contribution in [0.3, 0.4) is 0 Å². The second-order valence-corrected chi connectivity index (χ2v) is 5.87. The van der Waals surface area contributed by atoms with E-state index in [1.807, 2.05) is 6.07 Å². The molecule has 1 heterocycles. The Morgan fingerprint density at radius 2 is 2.04 bits per heavy atom. The van der Waals surface area contributed by atoms with Crippen LogP contribution in [0.25, 0.3) is 0 Å². The molecule has 3 nitrogen and oxygen atoms in total. The number of likely N-dealkylation sites (tertiary alicyclic amines) is 1. The van der Waals surface area contributed by atoms with E-state index in [9.17, 15) is 4.39 Å². The van der Waals surface area contributed by atoms with Crippen LogP contribution in [-0.4, -0.2) is 31.0 Å². The van der Waals surface area contributed by atoms with Gasteiger partial charge in [0.05, 0.1) is 0 Å². The molecular weight excluding hydrogens is 289 g/mol. The highest BCUT2D eigenvalue weighted by atomic mass is 19.1. The summed E-state index contributed by atoms with van der Waals surface area (Å²) in [6.45, 7) is 2.53. The lowest BCUT2D eigenvalue weighted by Crippen LogP contribution is -2.39. The average molecular weight is 311 g/mol. The molecule has 1 fully saturated rings. The van der Waals surface area contributed by atoms with Gasteiger partial charge in [0, 0.05) is 32.6 Å². The van der Waals surface area contributed by atoms with Gasteiger partial charge in [-0.15, -0.1) is 0 Å². The summed E-state index contributed by atoms with van der Waals surface area (Å²) in [5.41, 5.74) is 2.31. The third-order valence-electron chi connectivity index (χ3n) is 4.31. The third kappa shape index (κ3) is 3.89. The van der Waals surface area contributed by atoms with Crippen LogP contribution in [0.2, 0.25) is 0 Å². The quantitative estimate of drug-likeness (QED) is 0.695. The second-order valence-electron chi connectivity index (χ2n) is 5.87. The van der Waals surface area contributed by atoms with Gasteiger partial charge in [0.1, 0.15) is 5.82 Å². The first-order valence-corrected chi connectivity index (χ1v) is 8.01. The van der Waals surface area contributed by atoms with Crippen LogP contribution in [0.4, 0.5) is 4.39 Å². The molecule has 2 aromatic carbocycles. The lowest BCUT2D eigenvalue weighted by molar-refractivity contribution is 0.485. The number of hydrogen-bond acceptors (Lipinski definition) is 1. The smallest absolute Gasteiger partial charge is 0.193 e. The topological polar surface area (TPSA) is 27.6 Å². The van der Waals surface area contributed by atoms with Crippen molar-refractivity contribution in [3.63, 3.8) is 0 Å². The molecule has 120 valence electrons. The monoisotopic (exact) mass is 311 g/mol. The van der Waals surface area contributed by atoms with Gasteiger partial charge >= 0.3 is 0 Å². The van der Waals surface area contributed by atoms with Gasteiger partial charge in [-0.2, -0.15) is 0 Å². The van der Waals surface area contributed by atoms with E-state index >= 15 is 0 Å². The minimum atomic E-state index is -0.204. The van der Waals surface area contributed by atoms with Crippen LogP contribution in [0.1, 0.15) is 23.5 Å². The Balaban J connectivity index is 1.59. The van der Waals surface area contributed by atoms with Crippen molar-refractivity contribution in [1.29, 1.82) is 0 Å². The van der Waals surface area contributed by atoms with Crippen LogP contribution in [0.5, 0.6) is 0 Å². The molecule has 0 amide bonds. The number of guanidine groups is 1. The number of halogens is 1. The van der Waals surface area contributed by atoms with E-state index in [4.69, 9.17) is 0 Å². The number of benzene rings is 2. The number of rotatable bonds is 3. The Labute approximate surface area is 136 Å². The van der Waals surface area contributed by atoms with Crippen molar-refractivity contribution < 1.29 is 4.39 Å². The number of nitrogens with zero attached hydrogens (tertiary/aromatic N) is 2. The van der Waals surface area contributed by atoms with Crippen LogP contribution >= 0.6 is 0 Å². The van der Waals surface area contributed by atoms with Crippen LogP contribution in [-0.2, 0) is 6.54 Å². The third-order valence-corrected chi connectivity index (χ3v) is 4.31. The Kier molecular flexibility index (Phi) is 4.91. The molecule has 1 unspecified atom stereocenters. The highest BCUT2D eigenvalue weighted by Crippen LogP contribution is 2.26. The fourth-order valence-electron chi connectivity index (χ4n) is 3.11. The average Bonchev–Trinajstić information content (AvgIpc) is 3.06. The molecule has 0 spiro atoms. The maximum atomic E-state index is 13.2. The maximum absolute atomic E-state index is 13.2. The van der Waals surface area contributed by atoms with Crippen molar-refractivity contribution in [3.05, 3.63) is 71.5 Å². The van der Waals surface area contributed by atoms with Crippen LogP contribution < -0.4 is 5.32 Å². The molecule has 23 heavy (non-hydrogen) atoms. The molecule has 1 aliphatic rings. The van der Waals surface area contributed by atoms with E-state index in [1.54, 1.807) is 19.2 Å². The minimum absolute atomic E-state index is 0.204. The van der Waals surface area contributed by atoms with E-state index in [2.05, 4.69) is 45.5 Å². The van der Waals surface area contributed by atoms with Crippen molar-refractivity contribution in [2.45, 2.75) is 18.9 Å². The summed E-state index contributed by atoms with van der Waals surface area (Å²) in [6, 6.07) is 17.3. The largest absolute Gasteiger partial charge is 0.352 e. The highest BCUT2D eigenvalue weighted by molar-refractivity contribution is 5.80. The Bertz CT molecular complexity index is 669. The molecular formula is C19H22FN3. The van der Waals surface area contributed by atoms with Gasteiger partial charge in [-0.1, -0.05) is 42.5 Å². The van der Waals surface area contributed by atoms with E-state index in [1.165, 1.54) is 11.6 Å². The van der Waals surface area contributed by atoms with Crippen molar-refractivity contribution in [3.8, 4) is 0 Å². The molecule has 0 aliphatic carbocycles. The zero-order valence-electron chi connectivity index (χ0n) is 13.4. The summed E-state index contributed by atoms with van der Waals surface area (Å²) in [7, 11) is 1.80. The SMILES string of the molecule is CN=C(NCc1cccc(F)c1)N1CCC(c2ccccc2)C1. The van der Waals surface area contributed by atoms with Gasteiger partial charge in [-0.05, 0) is 29.7 Å². The molecule has 2 aromatic rings. The van der Waals surface area contributed by atoms with Gasteiger partial charge < -0.3 is 10.2 Å². The first-order chi connectivity index (χ1) is 11.3. The van der Waals surface area contributed by atoms with E-state index < -0.39 is 0 Å². The molecule has 4 heteroatoms. The minimum Gasteiger partial charge on any atom is -0.352 e. The normalized spacial score (nSPS) is 18.3. The van der Waals surface area contributed by atoms with Crippen molar-refractivity contribution in [1.82, 2.24) is 10.2 Å². The summed E-state index contributed by atoms with van der Waals surface area (Å²) in [5.74, 6) is 1.22. The Hall–Kier alpha value is -2.36. The summed E-state index contributed by atoms with van der Waals surface area (Å²) in [6.07, 6.45) is 1.13. The first-order valence-electron chi connectivity index (χ1n) is 8.01. The summed E-state index contributed by atoms with van der Waals surface area (Å²) in [5, 5.41) is 3.34. The summed E-state index contributed by atoms with van der Waals surface area (Å²) >= 11 is 0. The molecule has 0 bridgehead atoms. The van der Waals surface area contributed by atoms with Gasteiger partial charge in [-0.3, -0.25) is 4.99 Å². The Morgan fingerprint density at radius 1 is 1.22 bits per heavy atom. The summed E-state index contributed by atoms with van der Waals surface area (Å²) < 4.78 is 13.2. The molecule has 0 radical (unpaired) electrons. The van der Waals surface area contributed by atoms with Gasteiger partial charge in [0.25, 0.3) is 0 Å². The summed E-state index contributed by atoms with van der Waals surface area (Å²) in [4.78, 5) is 6.65. The molecule has 0 aromatic heterocycles. The van der Waals surface area contributed by atoms with E-state index in [0.29, 0.717) is 12.5 Å². The van der Waals surface area contributed by atoms with Gasteiger partial charge in [0.2, 0.25) is 0 Å². The standard InChI is InChI=1S/C19H22FN3/c1-21-19(22-13-15-6-5-9-18(20)12-15)23-11-10-17(14-23)16-7-3-2-4-8-16/h2-9,12,17H,10-11,13-14H2,1H3,(H,21,22). The molecule has 1 N–H and O–H groups in total. The fraction of sp³-hybridized carbons (Fsp3) is 0.316. The van der Waals surface area contributed by atoms with Gasteiger partial charge in [0.15, 0.2) is 5.96 Å². The molecule has 1 saturated heterocycles. The number of aliphatic imine (C=N–C) groups is 1. The van der Waals surface area contributed by atoms with Crippen molar-refractivity contribution in [2.75, 3.05) is 20.1 Å². The van der Waals surface area contributed by atoms with Crippen LogP contribution in [0, 0.1) is 5.82 Å². The lowest BCUT2D eigenvalue weighted by Gasteiger charge is -2.22. The highest BCUT2D eigenvalue weighted by Gasteiger charge is 2.25. The molecule has 0 saturated carbocycles. The van der Waals surface area contributed by atoms with E-state index in [-0.39, 0.29) is 5.82 Å². The molecule has 3 rings (SSSR count). The fourth-order valence-corrected chi connectivity index (χ4v) is 3.11. The first kappa shape index (κ1) is 15.5. The van der Waals surface area contributed by atoms with E-state index in [0.717, 1.165) is 31.0 Å². The molecule has 1 atom stereocenters. The second kappa shape index (κ2) is 7.27. The zero-order valence-corrected chi connectivity index (χ0v) is 13.4. The zero-order chi connectivity index (χ0) is 16.1.